The predicted octanol–water partition coefficient (Wildman–Crippen LogP) is 3.33. The van der Waals surface area contributed by atoms with Gasteiger partial charge in [0.25, 0.3) is 0 Å². The van der Waals surface area contributed by atoms with Crippen LogP contribution >= 0.6 is 0 Å². The van der Waals surface area contributed by atoms with Gasteiger partial charge in [0.15, 0.2) is 11.5 Å². The van der Waals surface area contributed by atoms with Crippen molar-refractivity contribution in [3.8, 4) is 23.0 Å². The van der Waals surface area contributed by atoms with Gasteiger partial charge in [-0.15, -0.1) is 0 Å². The number of rotatable bonds is 6. The number of ether oxygens (including phenoxy) is 4. The van der Waals surface area contributed by atoms with E-state index in [4.69, 9.17) is 18.9 Å². The van der Waals surface area contributed by atoms with E-state index in [1.54, 1.807) is 31.4 Å². The van der Waals surface area contributed by atoms with Crippen molar-refractivity contribution >= 4 is 12.0 Å². The highest BCUT2D eigenvalue weighted by atomic mass is 16.6. The van der Waals surface area contributed by atoms with Gasteiger partial charge in [0.1, 0.15) is 5.75 Å². The predicted molar refractivity (Wildman–Crippen MR) is 87.2 cm³/mol. The monoisotopic (exact) mass is 314 g/mol. The molecule has 0 aliphatic carbocycles. The fourth-order valence-corrected chi connectivity index (χ4v) is 1.93. The first-order valence-corrected chi connectivity index (χ1v) is 6.93. The largest absolute Gasteiger partial charge is 0.497 e. The summed E-state index contributed by atoms with van der Waals surface area (Å²) in [5, 5.41) is 0. The molecule has 0 saturated carbocycles. The molecule has 0 aliphatic heterocycles. The fourth-order valence-electron chi connectivity index (χ4n) is 1.93. The van der Waals surface area contributed by atoms with E-state index in [1.807, 2.05) is 24.3 Å². The first-order chi connectivity index (χ1) is 11.2. The van der Waals surface area contributed by atoms with Gasteiger partial charge >= 0.3 is 5.97 Å². The lowest BCUT2D eigenvalue weighted by Crippen LogP contribution is -2.06. The van der Waals surface area contributed by atoms with Gasteiger partial charge in [0.05, 0.1) is 21.3 Å². The van der Waals surface area contributed by atoms with E-state index in [9.17, 15) is 4.79 Å². The number of esters is 1. The lowest BCUT2D eigenvalue weighted by molar-refractivity contribution is -0.129. The highest BCUT2D eigenvalue weighted by molar-refractivity contribution is 5.89. The maximum Gasteiger partial charge on any atom is 0.336 e. The van der Waals surface area contributed by atoms with Crippen LogP contribution in [0, 0.1) is 0 Å². The van der Waals surface area contributed by atoms with E-state index < -0.39 is 5.97 Å². The van der Waals surface area contributed by atoms with E-state index in [0.717, 1.165) is 11.3 Å². The van der Waals surface area contributed by atoms with Gasteiger partial charge in [-0.3, -0.25) is 0 Å². The molecule has 0 fully saturated rings. The van der Waals surface area contributed by atoms with Crippen molar-refractivity contribution in [1.82, 2.24) is 0 Å². The van der Waals surface area contributed by atoms with Crippen LogP contribution < -0.4 is 18.9 Å². The molecule has 5 nitrogen and oxygen atoms in total. The lowest BCUT2D eigenvalue weighted by atomic mass is 10.2. The third-order valence-electron chi connectivity index (χ3n) is 3.11. The van der Waals surface area contributed by atoms with E-state index >= 15 is 0 Å². The molecule has 0 atom stereocenters. The molecule has 0 bridgehead atoms. The molecule has 0 N–H and O–H groups in total. The summed E-state index contributed by atoms with van der Waals surface area (Å²) in [5.74, 6) is 1.33. The van der Waals surface area contributed by atoms with Crippen LogP contribution in [0.5, 0.6) is 23.0 Å². The Bertz CT molecular complexity index is 667. The second kappa shape index (κ2) is 7.89. The number of hydrogen-bond acceptors (Lipinski definition) is 5. The van der Waals surface area contributed by atoms with Crippen LogP contribution in [0.1, 0.15) is 5.56 Å². The average Bonchev–Trinajstić information content (AvgIpc) is 2.60. The topological polar surface area (TPSA) is 54.0 Å². The maximum atomic E-state index is 12.0. The Labute approximate surface area is 135 Å². The number of carbonyl (C=O) groups is 1. The summed E-state index contributed by atoms with van der Waals surface area (Å²) in [5.41, 5.74) is 0.856. The van der Waals surface area contributed by atoms with Crippen molar-refractivity contribution in [3.05, 3.63) is 54.1 Å². The van der Waals surface area contributed by atoms with Crippen molar-refractivity contribution in [1.29, 1.82) is 0 Å². The molecule has 2 aromatic carbocycles. The van der Waals surface area contributed by atoms with Gasteiger partial charge in [-0.1, -0.05) is 18.2 Å². The third kappa shape index (κ3) is 4.26. The zero-order valence-corrected chi connectivity index (χ0v) is 13.2. The van der Waals surface area contributed by atoms with Crippen molar-refractivity contribution in [3.63, 3.8) is 0 Å². The maximum absolute atomic E-state index is 12.0. The van der Waals surface area contributed by atoms with Crippen molar-refractivity contribution in [2.24, 2.45) is 0 Å². The Balaban J connectivity index is 2.11. The van der Waals surface area contributed by atoms with Gasteiger partial charge < -0.3 is 18.9 Å². The summed E-state index contributed by atoms with van der Waals surface area (Å²) in [4.78, 5) is 12.0. The quantitative estimate of drug-likeness (QED) is 0.465. The Morgan fingerprint density at radius 3 is 2.00 bits per heavy atom. The lowest BCUT2D eigenvalue weighted by Gasteiger charge is -2.11. The number of carbonyl (C=O) groups excluding carboxylic acids is 1. The molecule has 0 aromatic heterocycles. The molecule has 23 heavy (non-hydrogen) atoms. The summed E-state index contributed by atoms with van der Waals surface area (Å²) < 4.78 is 20.8. The minimum atomic E-state index is -0.524. The molecule has 0 amide bonds. The van der Waals surface area contributed by atoms with Gasteiger partial charge in [0, 0.05) is 6.08 Å². The molecule has 0 unspecified atom stereocenters. The molecule has 120 valence electrons. The number of benzene rings is 2. The smallest absolute Gasteiger partial charge is 0.336 e. The second-order valence-electron chi connectivity index (χ2n) is 4.52. The van der Waals surface area contributed by atoms with Gasteiger partial charge in [-0.2, -0.15) is 0 Å². The van der Waals surface area contributed by atoms with Crippen LogP contribution in [0.2, 0.25) is 0 Å². The molecular formula is C18H18O5. The van der Waals surface area contributed by atoms with E-state index in [2.05, 4.69) is 0 Å². The fraction of sp³-hybridized carbons (Fsp3) is 0.167. The van der Waals surface area contributed by atoms with Crippen molar-refractivity contribution in [2.75, 3.05) is 21.3 Å². The summed E-state index contributed by atoms with van der Waals surface area (Å²) in [6.45, 7) is 0. The summed E-state index contributed by atoms with van der Waals surface area (Å²) >= 11 is 0. The van der Waals surface area contributed by atoms with Crippen LogP contribution in [-0.4, -0.2) is 27.3 Å². The molecule has 0 aliphatic rings. The molecule has 0 spiro atoms. The van der Waals surface area contributed by atoms with Crippen LogP contribution in [0.3, 0.4) is 0 Å². The molecule has 2 aromatic rings. The molecule has 0 saturated heterocycles. The highest BCUT2D eigenvalue weighted by Crippen LogP contribution is 2.36. The van der Waals surface area contributed by atoms with Crippen molar-refractivity contribution < 1.29 is 23.7 Å². The SMILES string of the molecule is COc1ccc(/C=C/C(=O)Oc2c(OC)cccc2OC)cc1. The molecular weight excluding hydrogens is 296 g/mol. The van der Waals surface area contributed by atoms with Crippen LogP contribution in [0.25, 0.3) is 6.08 Å². The standard InChI is InChI=1S/C18H18O5/c1-20-14-10-7-13(8-11-14)9-12-17(19)23-18-15(21-2)5-4-6-16(18)22-3/h4-12H,1-3H3/b12-9+. The third-order valence-corrected chi connectivity index (χ3v) is 3.11. The Kier molecular flexibility index (Phi) is 5.63. The molecule has 5 heteroatoms. The van der Waals surface area contributed by atoms with Gasteiger partial charge in [-0.25, -0.2) is 4.79 Å². The van der Waals surface area contributed by atoms with Crippen LogP contribution in [-0.2, 0) is 4.79 Å². The highest BCUT2D eigenvalue weighted by Gasteiger charge is 2.14. The summed E-state index contributed by atoms with van der Waals surface area (Å²) in [7, 11) is 4.60. The molecule has 0 radical (unpaired) electrons. The Morgan fingerprint density at radius 2 is 1.48 bits per heavy atom. The number of methoxy groups -OCH3 is 3. The van der Waals surface area contributed by atoms with Crippen LogP contribution in [0.15, 0.2) is 48.5 Å². The number of hydrogen-bond donors (Lipinski definition) is 0. The zero-order valence-electron chi connectivity index (χ0n) is 13.2. The zero-order chi connectivity index (χ0) is 16.7. The van der Waals surface area contributed by atoms with E-state index in [1.165, 1.54) is 20.3 Å². The van der Waals surface area contributed by atoms with Crippen molar-refractivity contribution in [2.45, 2.75) is 0 Å². The van der Waals surface area contributed by atoms with E-state index in [-0.39, 0.29) is 5.75 Å². The molecule has 0 heterocycles. The summed E-state index contributed by atoms with van der Waals surface area (Å²) in [6.07, 6.45) is 3.00. The Morgan fingerprint density at radius 1 is 0.870 bits per heavy atom. The average molecular weight is 314 g/mol. The Hall–Kier alpha value is -2.95. The number of para-hydroxylation sites is 1. The van der Waals surface area contributed by atoms with Gasteiger partial charge in [0.2, 0.25) is 5.75 Å². The first kappa shape index (κ1) is 16.4. The minimum Gasteiger partial charge on any atom is -0.497 e. The normalized spacial score (nSPS) is 10.4. The minimum absolute atomic E-state index is 0.252. The molecule has 2 rings (SSSR count). The van der Waals surface area contributed by atoms with E-state index in [0.29, 0.717) is 11.5 Å². The summed E-state index contributed by atoms with van der Waals surface area (Å²) in [6, 6.07) is 12.4. The second-order valence-corrected chi connectivity index (χ2v) is 4.52. The van der Waals surface area contributed by atoms with Crippen LogP contribution in [0.4, 0.5) is 0 Å². The first-order valence-electron chi connectivity index (χ1n) is 6.93. The van der Waals surface area contributed by atoms with Gasteiger partial charge in [-0.05, 0) is 35.9 Å².